The predicted octanol–water partition coefficient (Wildman–Crippen LogP) is 2.26. The minimum atomic E-state index is 0.250. The van der Waals surface area contributed by atoms with E-state index in [0.29, 0.717) is 5.92 Å². The Morgan fingerprint density at radius 2 is 2.00 bits per heavy atom. The molecule has 0 bridgehead atoms. The molecular formula is C8H16O. The van der Waals surface area contributed by atoms with Crippen LogP contribution in [0.25, 0.3) is 0 Å². The van der Waals surface area contributed by atoms with Crippen molar-refractivity contribution in [2.75, 3.05) is 0 Å². The summed E-state index contributed by atoms with van der Waals surface area (Å²) in [7, 11) is 0. The van der Waals surface area contributed by atoms with E-state index in [1.807, 2.05) is 6.92 Å². The van der Waals surface area contributed by atoms with Crippen LogP contribution in [0.2, 0.25) is 0 Å². The number of hydrogen-bond donors (Lipinski definition) is 0. The Morgan fingerprint density at radius 3 is 2.33 bits per heavy atom. The van der Waals surface area contributed by atoms with Gasteiger partial charge in [-0.1, -0.05) is 27.2 Å². The van der Waals surface area contributed by atoms with Gasteiger partial charge in [0.25, 0.3) is 0 Å². The molecule has 0 aliphatic carbocycles. The highest BCUT2D eigenvalue weighted by molar-refractivity contribution is 5.52. The molecule has 0 aromatic carbocycles. The highest BCUT2D eigenvalue weighted by atomic mass is 16.1. The fourth-order valence-electron chi connectivity index (χ4n) is 0.857. The summed E-state index contributed by atoms with van der Waals surface area (Å²) < 4.78 is 0. The first-order valence-electron chi connectivity index (χ1n) is 3.66. The minimum Gasteiger partial charge on any atom is -0.303 e. The molecule has 0 spiro atoms. The molecule has 0 rings (SSSR count). The molecule has 0 aliphatic heterocycles. The van der Waals surface area contributed by atoms with Crippen molar-refractivity contribution in [3.05, 3.63) is 0 Å². The first-order valence-corrected chi connectivity index (χ1v) is 3.66. The average molecular weight is 128 g/mol. The van der Waals surface area contributed by atoms with E-state index in [9.17, 15) is 4.79 Å². The molecule has 1 nitrogen and oxygen atoms in total. The molecule has 1 heteroatoms. The van der Waals surface area contributed by atoms with Gasteiger partial charge in [-0.3, -0.25) is 0 Å². The number of hydrogen-bond acceptors (Lipinski definition) is 1. The average Bonchev–Trinajstić information content (AvgIpc) is 1.87. The quantitative estimate of drug-likeness (QED) is 0.531. The molecule has 0 aromatic rings. The number of carbonyl (C=O) groups excluding carboxylic acids is 1. The van der Waals surface area contributed by atoms with E-state index < -0.39 is 0 Å². The first kappa shape index (κ1) is 8.67. The van der Waals surface area contributed by atoms with Crippen LogP contribution in [0.15, 0.2) is 0 Å². The van der Waals surface area contributed by atoms with E-state index >= 15 is 0 Å². The summed E-state index contributed by atoms with van der Waals surface area (Å²) in [5, 5.41) is 0. The van der Waals surface area contributed by atoms with Crippen molar-refractivity contribution >= 4 is 6.29 Å². The zero-order valence-corrected chi connectivity index (χ0v) is 6.55. The predicted molar refractivity (Wildman–Crippen MR) is 39.3 cm³/mol. The summed E-state index contributed by atoms with van der Waals surface area (Å²) in [6.07, 6.45) is 3.25. The smallest absolute Gasteiger partial charge is 0.122 e. The Balaban J connectivity index is 3.33. The van der Waals surface area contributed by atoms with Crippen LogP contribution in [-0.2, 0) is 4.79 Å². The highest BCUT2D eigenvalue weighted by Gasteiger charge is 2.04. The molecule has 0 radical (unpaired) electrons. The number of rotatable bonds is 4. The van der Waals surface area contributed by atoms with Crippen LogP contribution < -0.4 is 0 Å². The van der Waals surface area contributed by atoms with Crippen LogP contribution in [-0.4, -0.2) is 6.29 Å². The summed E-state index contributed by atoms with van der Waals surface area (Å²) in [4.78, 5) is 10.2. The Labute approximate surface area is 57.5 Å². The van der Waals surface area contributed by atoms with Crippen LogP contribution in [0.3, 0.4) is 0 Å². The zero-order valence-electron chi connectivity index (χ0n) is 6.55. The Kier molecular flexibility index (Phi) is 4.37. The maximum atomic E-state index is 10.2. The number of carbonyl (C=O) groups is 1. The van der Waals surface area contributed by atoms with Crippen molar-refractivity contribution in [3.63, 3.8) is 0 Å². The molecule has 0 aliphatic rings. The maximum absolute atomic E-state index is 10.2. The summed E-state index contributed by atoms with van der Waals surface area (Å²) in [5.74, 6) is 0.949. The van der Waals surface area contributed by atoms with Crippen LogP contribution in [0.1, 0.15) is 33.6 Å². The van der Waals surface area contributed by atoms with E-state index in [4.69, 9.17) is 0 Å². The van der Waals surface area contributed by atoms with E-state index in [1.165, 1.54) is 6.42 Å². The molecule has 9 heavy (non-hydrogen) atoms. The largest absolute Gasteiger partial charge is 0.303 e. The second-order valence-electron chi connectivity index (χ2n) is 2.86. The summed E-state index contributed by atoms with van der Waals surface area (Å²) >= 11 is 0. The van der Waals surface area contributed by atoms with E-state index in [1.54, 1.807) is 0 Å². The van der Waals surface area contributed by atoms with E-state index in [0.717, 1.165) is 12.7 Å². The number of aldehydes is 1. The molecule has 0 unspecified atom stereocenters. The third kappa shape index (κ3) is 4.19. The third-order valence-corrected chi connectivity index (χ3v) is 1.70. The molecule has 0 aromatic heterocycles. The Hall–Kier alpha value is -0.330. The maximum Gasteiger partial charge on any atom is 0.122 e. The fourth-order valence-corrected chi connectivity index (χ4v) is 0.857. The summed E-state index contributed by atoms with van der Waals surface area (Å²) in [6.45, 7) is 6.31. The Bertz CT molecular complexity index is 78.6. The summed E-state index contributed by atoms with van der Waals surface area (Å²) in [5.41, 5.74) is 0. The van der Waals surface area contributed by atoms with Crippen LogP contribution in [0.4, 0.5) is 0 Å². The lowest BCUT2D eigenvalue weighted by molar-refractivity contribution is -0.111. The topological polar surface area (TPSA) is 17.1 Å². The van der Waals surface area contributed by atoms with Crippen molar-refractivity contribution in [1.82, 2.24) is 0 Å². The van der Waals surface area contributed by atoms with Gasteiger partial charge < -0.3 is 4.79 Å². The molecular weight excluding hydrogens is 112 g/mol. The zero-order chi connectivity index (χ0) is 7.28. The van der Waals surface area contributed by atoms with Gasteiger partial charge in [-0.2, -0.15) is 0 Å². The molecule has 0 N–H and O–H groups in total. The van der Waals surface area contributed by atoms with Gasteiger partial charge in [-0.25, -0.2) is 0 Å². The van der Waals surface area contributed by atoms with Gasteiger partial charge in [0.1, 0.15) is 6.29 Å². The van der Waals surface area contributed by atoms with Gasteiger partial charge in [0.15, 0.2) is 0 Å². The van der Waals surface area contributed by atoms with Gasteiger partial charge in [0.05, 0.1) is 0 Å². The summed E-state index contributed by atoms with van der Waals surface area (Å²) in [6, 6.07) is 0. The van der Waals surface area contributed by atoms with Gasteiger partial charge in [-0.15, -0.1) is 0 Å². The minimum absolute atomic E-state index is 0.250. The van der Waals surface area contributed by atoms with E-state index in [2.05, 4.69) is 13.8 Å². The first-order chi connectivity index (χ1) is 4.20. The lowest BCUT2D eigenvalue weighted by Gasteiger charge is -2.08. The molecule has 0 saturated heterocycles. The highest BCUT2D eigenvalue weighted by Crippen LogP contribution is 2.12. The van der Waals surface area contributed by atoms with Crippen LogP contribution >= 0.6 is 0 Å². The van der Waals surface area contributed by atoms with Crippen molar-refractivity contribution in [2.45, 2.75) is 33.6 Å². The van der Waals surface area contributed by atoms with E-state index in [-0.39, 0.29) is 5.92 Å². The van der Waals surface area contributed by atoms with Crippen molar-refractivity contribution < 1.29 is 4.79 Å². The molecule has 0 saturated carbocycles. The molecule has 0 heterocycles. The molecule has 0 amide bonds. The normalized spacial score (nSPS) is 16.8. The molecule has 2 atom stereocenters. The Morgan fingerprint density at radius 1 is 1.44 bits per heavy atom. The van der Waals surface area contributed by atoms with Gasteiger partial charge in [-0.05, 0) is 12.3 Å². The van der Waals surface area contributed by atoms with Gasteiger partial charge in [0.2, 0.25) is 0 Å². The van der Waals surface area contributed by atoms with Gasteiger partial charge in [0, 0.05) is 5.92 Å². The molecule has 54 valence electrons. The van der Waals surface area contributed by atoms with Crippen LogP contribution in [0, 0.1) is 11.8 Å². The third-order valence-electron chi connectivity index (χ3n) is 1.70. The lowest BCUT2D eigenvalue weighted by Crippen LogP contribution is -2.02. The lowest BCUT2D eigenvalue weighted by atomic mass is 9.97. The van der Waals surface area contributed by atoms with Crippen LogP contribution in [0.5, 0.6) is 0 Å². The van der Waals surface area contributed by atoms with Crippen molar-refractivity contribution in [2.24, 2.45) is 11.8 Å². The van der Waals surface area contributed by atoms with Crippen molar-refractivity contribution in [1.29, 1.82) is 0 Å². The molecule has 0 fully saturated rings. The SMILES string of the molecule is CC[C@H](C)C[C@@H](C)C=O. The second kappa shape index (κ2) is 4.54. The van der Waals surface area contributed by atoms with Gasteiger partial charge >= 0.3 is 0 Å². The fraction of sp³-hybridized carbons (Fsp3) is 0.875. The standard InChI is InChI=1S/C8H16O/c1-4-7(2)5-8(3)6-9/h6-8H,4-5H2,1-3H3/t7-,8+/m0/s1. The monoisotopic (exact) mass is 128 g/mol. The second-order valence-corrected chi connectivity index (χ2v) is 2.86. The van der Waals surface area contributed by atoms with Crippen molar-refractivity contribution in [3.8, 4) is 0 Å².